The number of carbonyl (C=O) groups excluding carboxylic acids is 2. The zero-order valence-electron chi connectivity index (χ0n) is 14.8. The summed E-state index contributed by atoms with van der Waals surface area (Å²) in [6.07, 6.45) is 0. The Kier molecular flexibility index (Phi) is 5.93. The lowest BCUT2D eigenvalue weighted by molar-refractivity contribution is -0.120. The van der Waals surface area contributed by atoms with Gasteiger partial charge in [0.2, 0.25) is 0 Å². The van der Waals surface area contributed by atoms with Gasteiger partial charge in [-0.2, -0.15) is 4.99 Å². The first kappa shape index (κ1) is 19.1. The van der Waals surface area contributed by atoms with E-state index in [1.54, 1.807) is 36.4 Å². The van der Waals surface area contributed by atoms with Gasteiger partial charge in [-0.1, -0.05) is 22.9 Å². The topological polar surface area (TPSA) is 69.9 Å². The predicted octanol–water partition coefficient (Wildman–Crippen LogP) is 3.67. The normalized spacial score (nSPS) is 11.6. The van der Waals surface area contributed by atoms with Gasteiger partial charge in [0.25, 0.3) is 5.91 Å². The molecule has 0 atom stereocenters. The maximum absolute atomic E-state index is 12.2. The lowest BCUT2D eigenvalue weighted by atomic mass is 10.2. The first-order valence-electron chi connectivity index (χ1n) is 8.19. The number of benzene rings is 2. The Hall–Kier alpha value is -2.64. The van der Waals surface area contributed by atoms with Crippen molar-refractivity contribution < 1.29 is 19.1 Å². The van der Waals surface area contributed by atoms with Gasteiger partial charge in [-0.25, -0.2) is 4.79 Å². The number of carbonyl (C=O) groups is 2. The minimum absolute atomic E-state index is 0.174. The highest BCUT2D eigenvalue weighted by molar-refractivity contribution is 7.16. The number of fused-ring (bicyclic) bond motifs is 1. The highest BCUT2D eigenvalue weighted by Gasteiger charge is 2.11. The molecule has 27 heavy (non-hydrogen) atoms. The molecule has 3 aromatic rings. The molecule has 2 aromatic carbocycles. The van der Waals surface area contributed by atoms with E-state index < -0.39 is 11.9 Å². The van der Waals surface area contributed by atoms with E-state index in [1.807, 2.05) is 17.6 Å². The molecular weight excluding hydrogens is 388 g/mol. The fourth-order valence-electron chi connectivity index (χ4n) is 2.52. The van der Waals surface area contributed by atoms with Gasteiger partial charge in [-0.15, -0.1) is 0 Å². The second kappa shape index (κ2) is 8.37. The van der Waals surface area contributed by atoms with Gasteiger partial charge >= 0.3 is 5.97 Å². The average Bonchev–Trinajstić information content (AvgIpc) is 3.02. The quantitative estimate of drug-likeness (QED) is 0.608. The average molecular weight is 405 g/mol. The van der Waals surface area contributed by atoms with Crippen LogP contribution in [-0.2, 0) is 16.1 Å². The van der Waals surface area contributed by atoms with Gasteiger partial charge in [0.1, 0.15) is 5.75 Å². The fraction of sp³-hybridized carbons (Fsp3) is 0.211. The summed E-state index contributed by atoms with van der Waals surface area (Å²) in [6, 6.07) is 12.0. The molecule has 0 aliphatic rings. The van der Waals surface area contributed by atoms with E-state index in [0.717, 1.165) is 10.2 Å². The van der Waals surface area contributed by atoms with Crippen LogP contribution >= 0.6 is 22.9 Å². The first-order chi connectivity index (χ1) is 13.0. The Morgan fingerprint density at radius 1 is 1.19 bits per heavy atom. The third kappa shape index (κ3) is 4.37. The summed E-state index contributed by atoms with van der Waals surface area (Å²) < 4.78 is 13.0. The highest BCUT2D eigenvalue weighted by Crippen LogP contribution is 2.20. The van der Waals surface area contributed by atoms with Crippen molar-refractivity contribution >= 4 is 45.0 Å². The Balaban J connectivity index is 1.86. The molecule has 0 fully saturated rings. The summed E-state index contributed by atoms with van der Waals surface area (Å²) in [5.41, 5.74) is 1.36. The second-order valence-electron chi connectivity index (χ2n) is 5.55. The highest BCUT2D eigenvalue weighted by atomic mass is 35.5. The van der Waals surface area contributed by atoms with Gasteiger partial charge in [-0.05, 0) is 49.4 Å². The first-order valence-corrected chi connectivity index (χ1v) is 9.39. The van der Waals surface area contributed by atoms with Gasteiger partial charge in [0.15, 0.2) is 11.4 Å². The Morgan fingerprint density at radius 3 is 2.59 bits per heavy atom. The molecule has 0 bridgehead atoms. The summed E-state index contributed by atoms with van der Waals surface area (Å²) in [6.45, 7) is 2.43. The van der Waals surface area contributed by atoms with E-state index >= 15 is 0 Å². The summed E-state index contributed by atoms with van der Waals surface area (Å²) >= 11 is 7.16. The summed E-state index contributed by atoms with van der Waals surface area (Å²) in [4.78, 5) is 28.7. The van der Waals surface area contributed by atoms with Crippen molar-refractivity contribution in [2.75, 3.05) is 13.7 Å². The van der Waals surface area contributed by atoms with Crippen LogP contribution in [0.2, 0.25) is 5.02 Å². The van der Waals surface area contributed by atoms with Crippen LogP contribution in [0.15, 0.2) is 47.5 Å². The lowest BCUT2D eigenvalue weighted by Crippen LogP contribution is -2.18. The molecule has 6 nitrogen and oxygen atoms in total. The van der Waals surface area contributed by atoms with E-state index in [-0.39, 0.29) is 6.61 Å². The number of ether oxygens (including phenoxy) is 2. The predicted molar refractivity (Wildman–Crippen MR) is 104 cm³/mol. The summed E-state index contributed by atoms with van der Waals surface area (Å²) in [5.74, 6) is -0.253. The van der Waals surface area contributed by atoms with Crippen molar-refractivity contribution in [1.82, 2.24) is 4.57 Å². The molecule has 0 saturated heterocycles. The zero-order chi connectivity index (χ0) is 19.4. The monoisotopic (exact) mass is 404 g/mol. The molecule has 8 heteroatoms. The van der Waals surface area contributed by atoms with Gasteiger partial charge < -0.3 is 14.0 Å². The molecule has 1 heterocycles. The number of halogens is 1. The molecule has 3 rings (SSSR count). The molecule has 0 aliphatic carbocycles. The van der Waals surface area contributed by atoms with Gasteiger partial charge in [-0.3, -0.25) is 4.79 Å². The Bertz CT molecular complexity index is 1050. The summed E-state index contributed by atoms with van der Waals surface area (Å²) in [5, 5.41) is 0.596. The smallest absolute Gasteiger partial charge is 0.337 e. The van der Waals surface area contributed by atoms with Crippen LogP contribution in [0.3, 0.4) is 0 Å². The molecule has 0 radical (unpaired) electrons. The molecule has 1 amide bonds. The number of aryl methyl sites for hydroxylation is 1. The van der Waals surface area contributed by atoms with E-state index in [4.69, 9.17) is 21.1 Å². The molecule has 0 spiro atoms. The van der Waals surface area contributed by atoms with E-state index in [9.17, 15) is 9.59 Å². The zero-order valence-corrected chi connectivity index (χ0v) is 16.3. The molecule has 140 valence electrons. The largest absolute Gasteiger partial charge is 0.484 e. The van der Waals surface area contributed by atoms with Crippen LogP contribution in [0.1, 0.15) is 17.3 Å². The van der Waals surface area contributed by atoms with Crippen LogP contribution < -0.4 is 9.54 Å². The lowest BCUT2D eigenvalue weighted by Gasteiger charge is -2.03. The third-order valence-electron chi connectivity index (χ3n) is 3.82. The molecule has 0 N–H and O–H groups in total. The van der Waals surface area contributed by atoms with Crippen LogP contribution in [0, 0.1) is 0 Å². The maximum Gasteiger partial charge on any atom is 0.337 e. The van der Waals surface area contributed by atoms with Crippen LogP contribution in [0.25, 0.3) is 10.2 Å². The van der Waals surface area contributed by atoms with Crippen molar-refractivity contribution in [2.24, 2.45) is 4.99 Å². The van der Waals surface area contributed by atoms with Crippen LogP contribution in [0.5, 0.6) is 5.75 Å². The number of nitrogens with zero attached hydrogens (tertiary/aromatic N) is 2. The van der Waals surface area contributed by atoms with Crippen molar-refractivity contribution in [1.29, 1.82) is 0 Å². The van der Waals surface area contributed by atoms with Gasteiger partial charge in [0.05, 0.1) is 22.9 Å². The standard InChI is InChI=1S/C19H17ClN2O4S/c1-3-22-15-9-4-12(18(24)25-2)10-16(15)27-19(22)21-17(23)11-26-14-7-5-13(20)6-8-14/h4-10H,3,11H2,1-2H3. The van der Waals surface area contributed by atoms with Crippen molar-refractivity contribution in [3.63, 3.8) is 0 Å². The van der Waals surface area contributed by atoms with Crippen molar-refractivity contribution in [3.05, 3.63) is 57.9 Å². The number of aromatic nitrogens is 1. The van der Waals surface area contributed by atoms with Crippen LogP contribution in [0.4, 0.5) is 0 Å². The number of hydrogen-bond acceptors (Lipinski definition) is 5. The Morgan fingerprint density at radius 2 is 1.93 bits per heavy atom. The van der Waals surface area contributed by atoms with Crippen molar-refractivity contribution in [2.45, 2.75) is 13.5 Å². The SMILES string of the molecule is CCn1c(=NC(=O)COc2ccc(Cl)cc2)sc2cc(C(=O)OC)ccc21. The molecule has 1 aromatic heterocycles. The molecule has 0 saturated carbocycles. The maximum atomic E-state index is 12.2. The van der Waals surface area contributed by atoms with Crippen LogP contribution in [-0.4, -0.2) is 30.2 Å². The molecular formula is C19H17ClN2O4S. The third-order valence-corrected chi connectivity index (χ3v) is 5.11. The van der Waals surface area contributed by atoms with E-state index in [2.05, 4.69) is 4.99 Å². The number of esters is 1. The molecule has 0 aliphatic heterocycles. The van der Waals surface area contributed by atoms with E-state index in [0.29, 0.717) is 27.7 Å². The molecule has 0 unspecified atom stereocenters. The van der Waals surface area contributed by atoms with Crippen molar-refractivity contribution in [3.8, 4) is 5.75 Å². The number of thiazole rings is 1. The van der Waals surface area contributed by atoms with E-state index in [1.165, 1.54) is 18.4 Å². The number of methoxy groups -OCH3 is 1. The fourth-order valence-corrected chi connectivity index (χ4v) is 3.80. The summed E-state index contributed by atoms with van der Waals surface area (Å²) in [7, 11) is 1.34. The Labute approximate surface area is 164 Å². The number of amides is 1. The number of rotatable bonds is 5. The second-order valence-corrected chi connectivity index (χ2v) is 7.00. The van der Waals surface area contributed by atoms with Gasteiger partial charge in [0, 0.05) is 11.6 Å². The number of hydrogen-bond donors (Lipinski definition) is 0. The minimum Gasteiger partial charge on any atom is -0.484 e. The minimum atomic E-state index is -0.403.